The van der Waals surface area contributed by atoms with Crippen LogP contribution in [0.2, 0.25) is 0 Å². The first-order valence-electron chi connectivity index (χ1n) is 9.35. The van der Waals surface area contributed by atoms with Gasteiger partial charge in [-0.3, -0.25) is 19.4 Å². The molecule has 1 atom stereocenters. The number of nitrogens with zero attached hydrogens (tertiary/aromatic N) is 2. The zero-order chi connectivity index (χ0) is 20.7. The first-order valence-corrected chi connectivity index (χ1v) is 9.35. The lowest BCUT2D eigenvalue weighted by Gasteiger charge is -2.39. The first kappa shape index (κ1) is 22.0. The number of carbonyl (C=O) groups is 2. The summed E-state index contributed by atoms with van der Waals surface area (Å²) in [6.45, 7) is 3.00. The third kappa shape index (κ3) is 6.42. The van der Waals surface area contributed by atoms with Gasteiger partial charge < -0.3 is 15.2 Å². The van der Waals surface area contributed by atoms with E-state index < -0.39 is 12.6 Å². The van der Waals surface area contributed by atoms with Crippen molar-refractivity contribution < 1.29 is 28.2 Å². The van der Waals surface area contributed by atoms with E-state index in [0.29, 0.717) is 25.3 Å². The second-order valence-corrected chi connectivity index (χ2v) is 6.79. The van der Waals surface area contributed by atoms with Gasteiger partial charge in [0.15, 0.2) is 0 Å². The summed E-state index contributed by atoms with van der Waals surface area (Å²) in [7, 11) is 0. The van der Waals surface area contributed by atoms with Gasteiger partial charge in [0.2, 0.25) is 5.91 Å². The van der Waals surface area contributed by atoms with Crippen LogP contribution in [-0.4, -0.2) is 71.7 Å². The first-order chi connectivity index (χ1) is 13.3. The minimum absolute atomic E-state index is 0.0302. The maximum absolute atomic E-state index is 12.5. The molecule has 1 aliphatic rings. The van der Waals surface area contributed by atoms with Crippen LogP contribution in [0.15, 0.2) is 24.3 Å². The average molecular weight is 399 g/mol. The highest BCUT2D eigenvalue weighted by Crippen LogP contribution is 2.20. The lowest BCUT2D eigenvalue weighted by atomic mass is 10.0. The summed E-state index contributed by atoms with van der Waals surface area (Å²) in [6, 6.07) is 5.63. The molecule has 1 saturated heterocycles. The summed E-state index contributed by atoms with van der Waals surface area (Å²) in [5.74, 6) is -0.981. The fraction of sp³-hybridized carbons (Fsp3) is 0.579. The lowest BCUT2D eigenvalue weighted by Crippen LogP contribution is -2.51. The van der Waals surface area contributed by atoms with E-state index >= 15 is 0 Å². The number of likely N-dealkylation sites (tertiary alicyclic amines) is 1. The smallest absolute Gasteiger partial charge is 0.387 e. The van der Waals surface area contributed by atoms with Crippen LogP contribution in [0.1, 0.15) is 26.7 Å². The number of aliphatic carboxylic acids is 1. The monoisotopic (exact) mass is 399 g/mol. The molecule has 1 aliphatic heterocycles. The van der Waals surface area contributed by atoms with E-state index in [4.69, 9.17) is 5.11 Å². The molecule has 0 aromatic heterocycles. The topological polar surface area (TPSA) is 82.1 Å². The minimum atomic E-state index is -2.89. The number of carboxylic acid groups (broad SMARTS) is 1. The highest BCUT2D eigenvalue weighted by atomic mass is 19.3. The summed E-state index contributed by atoms with van der Waals surface area (Å²) < 4.78 is 28.6. The number of halogens is 2. The highest BCUT2D eigenvalue weighted by molar-refractivity contribution is 5.94. The van der Waals surface area contributed by atoms with Gasteiger partial charge in [-0.25, -0.2) is 0 Å². The van der Waals surface area contributed by atoms with Gasteiger partial charge in [0.05, 0.1) is 12.6 Å². The number of rotatable bonds is 9. The van der Waals surface area contributed by atoms with Crippen LogP contribution in [-0.2, 0) is 9.59 Å². The largest absolute Gasteiger partial charge is 0.480 e. The molecule has 2 N–H and O–H groups in total. The van der Waals surface area contributed by atoms with E-state index in [2.05, 4.69) is 15.0 Å². The van der Waals surface area contributed by atoms with Crippen molar-refractivity contribution in [2.24, 2.45) is 0 Å². The molecule has 1 unspecified atom stereocenters. The van der Waals surface area contributed by atoms with E-state index in [1.54, 1.807) is 0 Å². The summed E-state index contributed by atoms with van der Waals surface area (Å²) in [5.41, 5.74) is 0.506. The summed E-state index contributed by atoms with van der Waals surface area (Å²) in [5, 5.41) is 11.8. The zero-order valence-electron chi connectivity index (χ0n) is 16.1. The minimum Gasteiger partial charge on any atom is -0.480 e. The van der Waals surface area contributed by atoms with Crippen molar-refractivity contribution in [3.63, 3.8) is 0 Å². The van der Waals surface area contributed by atoms with Gasteiger partial charge >= 0.3 is 12.6 Å². The molecule has 0 bridgehead atoms. The van der Waals surface area contributed by atoms with Gasteiger partial charge in [-0.05, 0) is 50.6 Å². The fourth-order valence-electron chi connectivity index (χ4n) is 3.44. The quantitative estimate of drug-likeness (QED) is 0.664. The SMILES string of the molecule is CCN(CC(=O)O)C1CCN(C(C)C(=O)Nc2ccc(OC(F)F)cc2)CC1. The molecule has 7 nitrogen and oxygen atoms in total. The summed E-state index contributed by atoms with van der Waals surface area (Å²) in [4.78, 5) is 27.5. The van der Waals surface area contributed by atoms with E-state index in [1.807, 2.05) is 18.7 Å². The standard InChI is InChI=1S/C19H27F2N3O4/c1-3-23(12-17(25)26)15-8-10-24(11-9-15)13(2)18(27)22-14-4-6-16(7-5-14)28-19(20)21/h4-7,13,15,19H,3,8-12H2,1-2H3,(H,22,27)(H,25,26). The number of ether oxygens (including phenoxy) is 1. The number of hydrogen-bond donors (Lipinski definition) is 2. The molecule has 0 radical (unpaired) electrons. The van der Waals surface area contributed by atoms with Crippen molar-refractivity contribution in [1.29, 1.82) is 0 Å². The molecule has 1 aromatic rings. The summed E-state index contributed by atoms with van der Waals surface area (Å²) >= 11 is 0. The number of hydrogen-bond acceptors (Lipinski definition) is 5. The second-order valence-electron chi connectivity index (χ2n) is 6.79. The number of benzene rings is 1. The Labute approximate surface area is 163 Å². The molecule has 1 heterocycles. The Morgan fingerprint density at radius 1 is 1.29 bits per heavy atom. The van der Waals surface area contributed by atoms with Gasteiger partial charge in [0, 0.05) is 24.8 Å². The molecule has 9 heteroatoms. The zero-order valence-corrected chi connectivity index (χ0v) is 16.1. The average Bonchev–Trinajstić information content (AvgIpc) is 2.66. The number of amides is 1. The predicted molar refractivity (Wildman–Crippen MR) is 101 cm³/mol. The number of likely N-dealkylation sites (N-methyl/N-ethyl adjacent to an activating group) is 1. The Balaban J connectivity index is 1.84. The maximum Gasteiger partial charge on any atom is 0.387 e. The number of carboxylic acids is 1. The van der Waals surface area contributed by atoms with Crippen LogP contribution >= 0.6 is 0 Å². The van der Waals surface area contributed by atoms with Crippen molar-refractivity contribution in [2.45, 2.75) is 45.4 Å². The molecule has 28 heavy (non-hydrogen) atoms. The van der Waals surface area contributed by atoms with Crippen LogP contribution in [0.3, 0.4) is 0 Å². The molecule has 0 saturated carbocycles. The summed E-state index contributed by atoms with van der Waals surface area (Å²) in [6.07, 6.45) is 1.61. The third-order valence-electron chi connectivity index (χ3n) is 5.03. The van der Waals surface area contributed by atoms with Crippen LogP contribution in [0, 0.1) is 0 Å². The van der Waals surface area contributed by atoms with Gasteiger partial charge in [0.25, 0.3) is 0 Å². The van der Waals surface area contributed by atoms with Crippen LogP contribution < -0.4 is 10.1 Å². The Morgan fingerprint density at radius 3 is 2.39 bits per heavy atom. The Bertz CT molecular complexity index is 649. The molecule has 1 aromatic carbocycles. The van der Waals surface area contributed by atoms with Crippen molar-refractivity contribution in [3.05, 3.63) is 24.3 Å². The van der Waals surface area contributed by atoms with Crippen LogP contribution in [0.4, 0.5) is 14.5 Å². The van der Waals surface area contributed by atoms with Crippen molar-refractivity contribution in [2.75, 3.05) is 31.5 Å². The number of alkyl halides is 2. The van der Waals surface area contributed by atoms with Gasteiger partial charge in [0.1, 0.15) is 5.75 Å². The second kappa shape index (κ2) is 10.3. The lowest BCUT2D eigenvalue weighted by molar-refractivity contribution is -0.139. The molecule has 2 rings (SSSR count). The van der Waals surface area contributed by atoms with Crippen LogP contribution in [0.25, 0.3) is 0 Å². The Morgan fingerprint density at radius 2 is 1.89 bits per heavy atom. The molecule has 0 spiro atoms. The number of anilines is 1. The van der Waals surface area contributed by atoms with Gasteiger partial charge in [-0.2, -0.15) is 8.78 Å². The van der Waals surface area contributed by atoms with Crippen molar-refractivity contribution in [3.8, 4) is 5.75 Å². The predicted octanol–water partition coefficient (Wildman–Crippen LogP) is 2.49. The number of carbonyl (C=O) groups excluding carboxylic acids is 1. The molecular formula is C19H27F2N3O4. The maximum atomic E-state index is 12.5. The molecule has 0 aliphatic carbocycles. The number of piperidine rings is 1. The Hall–Kier alpha value is -2.26. The van der Waals surface area contributed by atoms with E-state index in [-0.39, 0.29) is 30.3 Å². The molecular weight excluding hydrogens is 372 g/mol. The fourth-order valence-corrected chi connectivity index (χ4v) is 3.44. The molecule has 1 amide bonds. The van der Waals surface area contributed by atoms with E-state index in [1.165, 1.54) is 24.3 Å². The molecule has 1 fully saturated rings. The molecule has 156 valence electrons. The van der Waals surface area contributed by atoms with E-state index in [9.17, 15) is 18.4 Å². The highest BCUT2D eigenvalue weighted by Gasteiger charge is 2.29. The van der Waals surface area contributed by atoms with Gasteiger partial charge in [-0.15, -0.1) is 0 Å². The third-order valence-corrected chi connectivity index (χ3v) is 5.03. The van der Waals surface area contributed by atoms with E-state index in [0.717, 1.165) is 12.8 Å². The normalized spacial score (nSPS) is 16.9. The Kier molecular flexibility index (Phi) is 8.13. The van der Waals surface area contributed by atoms with Crippen LogP contribution in [0.5, 0.6) is 5.75 Å². The van der Waals surface area contributed by atoms with Crippen molar-refractivity contribution in [1.82, 2.24) is 9.80 Å². The van der Waals surface area contributed by atoms with Crippen molar-refractivity contribution >= 4 is 17.6 Å². The van der Waals surface area contributed by atoms with Gasteiger partial charge in [-0.1, -0.05) is 6.92 Å². The number of nitrogens with one attached hydrogen (secondary N) is 1.